The van der Waals surface area contributed by atoms with Crippen LogP contribution in [0.1, 0.15) is 12.6 Å². The van der Waals surface area contributed by atoms with Crippen molar-refractivity contribution in [3.05, 3.63) is 36.2 Å². The second-order valence-electron chi connectivity index (χ2n) is 2.20. The Morgan fingerprint density at radius 3 is 2.75 bits per heavy atom. The summed E-state index contributed by atoms with van der Waals surface area (Å²) in [6, 6.07) is 5.57. The van der Waals surface area contributed by atoms with Crippen LogP contribution in [-0.4, -0.2) is 10.8 Å². The first kappa shape index (κ1) is 10.8. The molecule has 0 saturated carbocycles. The third kappa shape index (κ3) is 3.88. The highest BCUT2D eigenvalue weighted by Gasteiger charge is 1.85. The molecule has 3 heteroatoms. The molecule has 0 fully saturated rings. The average molecular weight is 184 g/mol. The van der Waals surface area contributed by atoms with Gasteiger partial charge < -0.3 is 0 Å². The van der Waals surface area contributed by atoms with Gasteiger partial charge in [-0.1, -0.05) is 6.07 Å². The number of rotatable bonds is 2. The van der Waals surface area contributed by atoms with Crippen LogP contribution in [0.2, 0.25) is 0 Å². The molecule has 1 aromatic rings. The van der Waals surface area contributed by atoms with Gasteiger partial charge in [-0.15, -0.1) is 12.4 Å². The Kier molecular flexibility index (Phi) is 4.97. The molecule has 0 saturated heterocycles. The van der Waals surface area contributed by atoms with E-state index in [2.05, 4.69) is 4.98 Å². The standard InChI is InChI=1S/C9H9NO.ClH/c1-8(11)5-6-9-4-2-3-7-10-9;/h2-7H,1H3;1H/b6-5+;. The predicted molar refractivity (Wildman–Crippen MR) is 51.2 cm³/mol. The van der Waals surface area contributed by atoms with Gasteiger partial charge in [-0.3, -0.25) is 9.78 Å². The van der Waals surface area contributed by atoms with Crippen LogP contribution in [-0.2, 0) is 4.79 Å². The minimum atomic E-state index is 0. The number of hydrogen-bond acceptors (Lipinski definition) is 2. The van der Waals surface area contributed by atoms with E-state index >= 15 is 0 Å². The van der Waals surface area contributed by atoms with E-state index < -0.39 is 0 Å². The third-order valence-electron chi connectivity index (χ3n) is 1.18. The smallest absolute Gasteiger partial charge is 0.152 e. The van der Waals surface area contributed by atoms with Gasteiger partial charge in [0.15, 0.2) is 5.78 Å². The Bertz CT molecular complexity index is 269. The summed E-state index contributed by atoms with van der Waals surface area (Å²) in [5, 5.41) is 0. The Morgan fingerprint density at radius 2 is 2.25 bits per heavy atom. The van der Waals surface area contributed by atoms with Crippen LogP contribution < -0.4 is 0 Å². The maximum absolute atomic E-state index is 10.5. The summed E-state index contributed by atoms with van der Waals surface area (Å²) in [5.74, 6) is 0.0376. The number of pyridine rings is 1. The molecule has 0 aliphatic rings. The van der Waals surface area contributed by atoms with Gasteiger partial charge in [-0.2, -0.15) is 0 Å². The molecule has 0 spiro atoms. The monoisotopic (exact) mass is 183 g/mol. The van der Waals surface area contributed by atoms with Crippen molar-refractivity contribution in [1.29, 1.82) is 0 Å². The van der Waals surface area contributed by atoms with E-state index in [0.29, 0.717) is 0 Å². The molecule has 2 nitrogen and oxygen atoms in total. The van der Waals surface area contributed by atoms with Gasteiger partial charge in [0.1, 0.15) is 0 Å². The van der Waals surface area contributed by atoms with Crippen molar-refractivity contribution in [1.82, 2.24) is 4.98 Å². The molecule has 0 bridgehead atoms. The molecule has 12 heavy (non-hydrogen) atoms. The van der Waals surface area contributed by atoms with Gasteiger partial charge in [-0.05, 0) is 31.2 Å². The number of halogens is 1. The van der Waals surface area contributed by atoms with Crippen molar-refractivity contribution in [2.24, 2.45) is 0 Å². The van der Waals surface area contributed by atoms with Crippen LogP contribution in [0, 0.1) is 0 Å². The van der Waals surface area contributed by atoms with Gasteiger partial charge in [0.2, 0.25) is 0 Å². The van der Waals surface area contributed by atoms with Crippen LogP contribution in [0.4, 0.5) is 0 Å². The lowest BCUT2D eigenvalue weighted by atomic mass is 10.3. The van der Waals surface area contributed by atoms with Crippen molar-refractivity contribution >= 4 is 24.3 Å². The molecule has 1 rings (SSSR count). The van der Waals surface area contributed by atoms with E-state index in [1.807, 2.05) is 18.2 Å². The Hall–Kier alpha value is -1.15. The van der Waals surface area contributed by atoms with Crippen LogP contribution in [0.25, 0.3) is 6.08 Å². The minimum absolute atomic E-state index is 0. The number of aromatic nitrogens is 1. The van der Waals surface area contributed by atoms with Gasteiger partial charge in [0, 0.05) is 6.20 Å². The lowest BCUT2D eigenvalue weighted by molar-refractivity contribution is -0.112. The summed E-state index contributed by atoms with van der Waals surface area (Å²) >= 11 is 0. The van der Waals surface area contributed by atoms with E-state index in [0.717, 1.165) is 5.69 Å². The SMILES string of the molecule is CC(=O)/C=C/c1ccccn1.Cl. The van der Waals surface area contributed by atoms with Crippen molar-refractivity contribution in [2.75, 3.05) is 0 Å². The average Bonchev–Trinajstić information content (AvgIpc) is 2.03. The number of nitrogens with zero attached hydrogens (tertiary/aromatic N) is 1. The van der Waals surface area contributed by atoms with Crippen molar-refractivity contribution in [2.45, 2.75) is 6.92 Å². The second kappa shape index (κ2) is 5.49. The Labute approximate surface area is 77.7 Å². The van der Waals surface area contributed by atoms with Crippen molar-refractivity contribution in [3.8, 4) is 0 Å². The summed E-state index contributed by atoms with van der Waals surface area (Å²) in [4.78, 5) is 14.5. The number of carbonyl (C=O) groups is 1. The number of carbonyl (C=O) groups excluding carboxylic acids is 1. The molecule has 1 aromatic heterocycles. The fraction of sp³-hybridized carbons (Fsp3) is 0.111. The molecular formula is C9H10ClNO. The van der Waals surface area contributed by atoms with Gasteiger partial charge >= 0.3 is 0 Å². The highest BCUT2D eigenvalue weighted by molar-refractivity contribution is 5.91. The zero-order valence-corrected chi connectivity index (χ0v) is 7.54. The zero-order chi connectivity index (χ0) is 8.10. The highest BCUT2D eigenvalue weighted by atomic mass is 35.5. The van der Waals surface area contributed by atoms with Crippen LogP contribution >= 0.6 is 12.4 Å². The largest absolute Gasteiger partial charge is 0.295 e. The van der Waals surface area contributed by atoms with E-state index in [-0.39, 0.29) is 18.2 Å². The molecule has 0 aromatic carbocycles. The summed E-state index contributed by atoms with van der Waals surface area (Å²) in [6.45, 7) is 1.51. The number of ketones is 1. The lowest BCUT2D eigenvalue weighted by Crippen LogP contribution is -1.81. The quantitative estimate of drug-likeness (QED) is 0.658. The molecule has 0 atom stereocenters. The molecular weight excluding hydrogens is 174 g/mol. The van der Waals surface area contributed by atoms with E-state index in [4.69, 9.17) is 0 Å². The molecule has 0 N–H and O–H groups in total. The normalized spacial score (nSPS) is 9.42. The van der Waals surface area contributed by atoms with Gasteiger partial charge in [0.25, 0.3) is 0 Å². The van der Waals surface area contributed by atoms with E-state index in [1.54, 1.807) is 12.3 Å². The number of allylic oxidation sites excluding steroid dienone is 1. The fourth-order valence-electron chi connectivity index (χ4n) is 0.677. The first-order chi connectivity index (χ1) is 5.29. The predicted octanol–water partition coefficient (Wildman–Crippen LogP) is 2.11. The van der Waals surface area contributed by atoms with E-state index in [1.165, 1.54) is 13.0 Å². The fourth-order valence-corrected chi connectivity index (χ4v) is 0.677. The first-order valence-corrected chi connectivity index (χ1v) is 3.39. The summed E-state index contributed by atoms with van der Waals surface area (Å²) in [6.07, 6.45) is 4.89. The maximum atomic E-state index is 10.5. The van der Waals surface area contributed by atoms with Crippen LogP contribution in [0.5, 0.6) is 0 Å². The zero-order valence-electron chi connectivity index (χ0n) is 6.73. The van der Waals surface area contributed by atoms with Crippen molar-refractivity contribution in [3.63, 3.8) is 0 Å². The molecule has 0 amide bonds. The van der Waals surface area contributed by atoms with Gasteiger partial charge in [-0.25, -0.2) is 0 Å². The maximum Gasteiger partial charge on any atom is 0.152 e. The minimum Gasteiger partial charge on any atom is -0.295 e. The summed E-state index contributed by atoms with van der Waals surface area (Å²) in [7, 11) is 0. The highest BCUT2D eigenvalue weighted by Crippen LogP contribution is 1.95. The lowest BCUT2D eigenvalue weighted by Gasteiger charge is -1.87. The third-order valence-corrected chi connectivity index (χ3v) is 1.18. The second-order valence-corrected chi connectivity index (χ2v) is 2.20. The Balaban J connectivity index is 0.00000121. The Morgan fingerprint density at radius 1 is 1.50 bits per heavy atom. The molecule has 0 unspecified atom stereocenters. The summed E-state index contributed by atoms with van der Waals surface area (Å²) in [5.41, 5.74) is 0.808. The van der Waals surface area contributed by atoms with Gasteiger partial charge in [0.05, 0.1) is 5.69 Å². The number of hydrogen-bond donors (Lipinski definition) is 0. The first-order valence-electron chi connectivity index (χ1n) is 3.39. The molecule has 1 heterocycles. The topological polar surface area (TPSA) is 30.0 Å². The van der Waals surface area contributed by atoms with Crippen LogP contribution in [0.15, 0.2) is 30.5 Å². The molecule has 0 aliphatic heterocycles. The van der Waals surface area contributed by atoms with E-state index in [9.17, 15) is 4.79 Å². The molecule has 0 aliphatic carbocycles. The van der Waals surface area contributed by atoms with Crippen LogP contribution in [0.3, 0.4) is 0 Å². The van der Waals surface area contributed by atoms with Crippen molar-refractivity contribution < 1.29 is 4.79 Å². The molecule has 64 valence electrons. The summed E-state index contributed by atoms with van der Waals surface area (Å²) < 4.78 is 0. The molecule has 0 radical (unpaired) electrons.